The van der Waals surface area contributed by atoms with Gasteiger partial charge in [0.2, 0.25) is 11.6 Å². The Morgan fingerprint density at radius 2 is 1.28 bits per heavy atom. The summed E-state index contributed by atoms with van der Waals surface area (Å²) >= 11 is 0. The predicted molar refractivity (Wildman–Crippen MR) is 158 cm³/mol. The molecule has 0 unspecified atom stereocenters. The van der Waals surface area contributed by atoms with Gasteiger partial charge in [-0.3, -0.25) is 9.88 Å². The van der Waals surface area contributed by atoms with Gasteiger partial charge in [-0.1, -0.05) is 0 Å². The molecule has 4 rings (SSSR count). The van der Waals surface area contributed by atoms with Gasteiger partial charge in [0.15, 0.2) is 6.20 Å². The Bertz CT molecular complexity index is 1180. The Morgan fingerprint density at radius 1 is 0.718 bits per heavy atom. The van der Waals surface area contributed by atoms with E-state index in [-0.39, 0.29) is 0 Å². The maximum absolute atomic E-state index is 11.2. The van der Waals surface area contributed by atoms with Crippen LogP contribution in [0.25, 0.3) is 0 Å². The van der Waals surface area contributed by atoms with Crippen molar-refractivity contribution in [1.82, 2.24) is 29.7 Å². The minimum absolute atomic E-state index is 0.338. The summed E-state index contributed by atoms with van der Waals surface area (Å²) in [5, 5.41) is 11.2. The molecule has 0 aliphatic carbocycles. The second-order valence-corrected chi connectivity index (χ2v) is 9.64. The van der Waals surface area contributed by atoms with E-state index in [0.29, 0.717) is 18.3 Å². The number of aryl methyl sites for hydroxylation is 4. The number of hydrogen-bond acceptors (Lipinski definition) is 9. The molecule has 0 radical (unpaired) electrons. The van der Waals surface area contributed by atoms with E-state index >= 15 is 0 Å². The lowest BCUT2D eigenvalue weighted by molar-refractivity contribution is -0.615. The first kappa shape index (κ1) is 32.9. The highest BCUT2D eigenvalue weighted by Gasteiger charge is 2.05. The molecule has 0 aromatic carbocycles. The highest BCUT2D eigenvalue weighted by atomic mass is 16.5. The molecule has 0 saturated heterocycles. The molecule has 10 nitrogen and oxygen atoms in total. The van der Waals surface area contributed by atoms with E-state index in [0.717, 1.165) is 39.5 Å². The molecular weight excluding hydrogens is 490 g/mol. The largest absolute Gasteiger partial charge is 0.618 e. The second kappa shape index (κ2) is 17.4. The Kier molecular flexibility index (Phi) is 14.6. The van der Waals surface area contributed by atoms with E-state index in [4.69, 9.17) is 11.5 Å². The van der Waals surface area contributed by atoms with Crippen molar-refractivity contribution in [3.8, 4) is 0 Å². The highest BCUT2D eigenvalue weighted by molar-refractivity contribution is 5.30. The summed E-state index contributed by atoms with van der Waals surface area (Å²) in [5.41, 5.74) is 17.0. The molecule has 0 fully saturated rings. The second-order valence-electron chi connectivity index (χ2n) is 9.64. The SMILES string of the molecule is Cc1cc[n+]([O-])c(CN(C)C)c1.Cc1ccnc(CN(C)C)c1.Cc1ccnc(N)c1.Cc1ccnc(N)n1. The number of hydrogen-bond donors (Lipinski definition) is 2. The summed E-state index contributed by atoms with van der Waals surface area (Å²) in [7, 11) is 7.98. The molecule has 0 aliphatic heterocycles. The number of anilines is 2. The third-order valence-corrected chi connectivity index (χ3v) is 4.83. The van der Waals surface area contributed by atoms with Crippen molar-refractivity contribution >= 4 is 11.8 Å². The van der Waals surface area contributed by atoms with Gasteiger partial charge in [0.1, 0.15) is 5.82 Å². The molecule has 10 heteroatoms. The number of rotatable bonds is 4. The van der Waals surface area contributed by atoms with Crippen LogP contribution in [0.5, 0.6) is 0 Å². The number of nitrogen functional groups attached to an aromatic ring is 2. The van der Waals surface area contributed by atoms with Crippen LogP contribution in [0.3, 0.4) is 0 Å². The molecule has 0 amide bonds. The molecule has 4 aromatic heterocycles. The standard InChI is InChI=1S/C9H14N2O.C9H14N2.C6H8N2.C5H7N3/c1-8-4-5-11(12)9(6-8)7-10(2)3;1-8-4-5-10-9(6-8)7-11(2)3;1-5-2-3-8-6(7)4-5;1-4-2-3-7-5(6)8-4/h4-6H,7H2,1-3H3;4-6H,7H2,1-3H3;2-4H,1H3,(H2,7,8);2-3H,1H3,(H2,6,7,8). The predicted octanol–water partition coefficient (Wildman–Crippen LogP) is 3.48. The third-order valence-electron chi connectivity index (χ3n) is 4.83. The summed E-state index contributed by atoms with van der Waals surface area (Å²) in [6.07, 6.45) is 6.74. The van der Waals surface area contributed by atoms with Crippen LogP contribution < -0.4 is 16.2 Å². The monoisotopic (exact) mass is 533 g/mol. The van der Waals surface area contributed by atoms with E-state index in [2.05, 4.69) is 37.8 Å². The Balaban J connectivity index is 0.000000264. The van der Waals surface area contributed by atoms with Gasteiger partial charge in [-0.2, -0.15) is 4.73 Å². The van der Waals surface area contributed by atoms with Crippen LogP contribution in [0.1, 0.15) is 33.8 Å². The van der Waals surface area contributed by atoms with Crippen LogP contribution in [0.2, 0.25) is 0 Å². The zero-order valence-electron chi connectivity index (χ0n) is 24.5. The smallest absolute Gasteiger partial charge is 0.220 e. The maximum Gasteiger partial charge on any atom is 0.220 e. The van der Waals surface area contributed by atoms with Crippen LogP contribution in [0.15, 0.2) is 67.3 Å². The normalized spacial score (nSPS) is 10.0. The first-order chi connectivity index (χ1) is 18.3. The van der Waals surface area contributed by atoms with Gasteiger partial charge >= 0.3 is 0 Å². The Labute approximate surface area is 233 Å². The summed E-state index contributed by atoms with van der Waals surface area (Å²) in [6.45, 7) is 9.53. The van der Waals surface area contributed by atoms with Crippen LogP contribution >= 0.6 is 0 Å². The van der Waals surface area contributed by atoms with Crippen molar-refractivity contribution < 1.29 is 4.73 Å². The van der Waals surface area contributed by atoms with E-state index in [9.17, 15) is 5.21 Å². The number of nitrogens with zero attached hydrogens (tertiary/aromatic N) is 7. The first-order valence-electron chi connectivity index (χ1n) is 12.5. The molecule has 4 aromatic rings. The van der Waals surface area contributed by atoms with Gasteiger partial charge in [-0.15, -0.1) is 0 Å². The molecule has 0 spiro atoms. The molecular formula is C29H43N9O. The summed E-state index contributed by atoms with van der Waals surface area (Å²) < 4.78 is 0.910. The summed E-state index contributed by atoms with van der Waals surface area (Å²) in [4.78, 5) is 19.7. The van der Waals surface area contributed by atoms with E-state index < -0.39 is 0 Å². The van der Waals surface area contributed by atoms with Gasteiger partial charge in [0.05, 0.1) is 12.2 Å². The van der Waals surface area contributed by atoms with Crippen molar-refractivity contribution in [2.24, 2.45) is 0 Å². The molecule has 0 atom stereocenters. The zero-order valence-corrected chi connectivity index (χ0v) is 24.5. The van der Waals surface area contributed by atoms with Gasteiger partial charge < -0.3 is 21.6 Å². The van der Waals surface area contributed by atoms with Gasteiger partial charge in [-0.05, 0) is 103 Å². The van der Waals surface area contributed by atoms with Gasteiger partial charge in [-0.25, -0.2) is 15.0 Å². The molecule has 0 saturated carbocycles. The van der Waals surface area contributed by atoms with Crippen molar-refractivity contribution in [3.63, 3.8) is 0 Å². The lowest BCUT2D eigenvalue weighted by atomic mass is 10.2. The van der Waals surface area contributed by atoms with Crippen LogP contribution in [0.4, 0.5) is 11.8 Å². The van der Waals surface area contributed by atoms with Gasteiger partial charge in [0.25, 0.3) is 0 Å². The van der Waals surface area contributed by atoms with E-state index in [1.165, 1.54) is 5.56 Å². The lowest BCUT2D eigenvalue weighted by Crippen LogP contribution is -2.34. The average molecular weight is 534 g/mol. The zero-order chi connectivity index (χ0) is 29.4. The maximum atomic E-state index is 11.2. The Hall–Kier alpha value is -4.15. The van der Waals surface area contributed by atoms with E-state index in [1.54, 1.807) is 24.7 Å². The first-order valence-corrected chi connectivity index (χ1v) is 12.5. The lowest BCUT2D eigenvalue weighted by Gasteiger charge is -2.09. The van der Waals surface area contributed by atoms with Crippen molar-refractivity contribution in [1.29, 1.82) is 0 Å². The molecule has 4 heterocycles. The van der Waals surface area contributed by atoms with Crippen molar-refractivity contribution in [2.75, 3.05) is 39.7 Å². The quantitative estimate of drug-likeness (QED) is 0.298. The fourth-order valence-electron chi connectivity index (χ4n) is 3.13. The third kappa shape index (κ3) is 15.6. The van der Waals surface area contributed by atoms with Crippen molar-refractivity contribution in [2.45, 2.75) is 40.8 Å². The number of nitrogens with two attached hydrogens (primary N) is 2. The molecule has 0 aliphatic rings. The number of pyridine rings is 3. The van der Waals surface area contributed by atoms with Crippen LogP contribution in [-0.2, 0) is 13.1 Å². The van der Waals surface area contributed by atoms with Crippen LogP contribution in [0, 0.1) is 32.9 Å². The van der Waals surface area contributed by atoms with Crippen LogP contribution in [-0.4, -0.2) is 57.9 Å². The minimum atomic E-state index is 0.338. The van der Waals surface area contributed by atoms with Crippen molar-refractivity contribution in [3.05, 3.63) is 106 Å². The molecule has 210 valence electrons. The van der Waals surface area contributed by atoms with Gasteiger partial charge in [0, 0.05) is 43.0 Å². The fourth-order valence-corrected chi connectivity index (χ4v) is 3.13. The molecule has 4 N–H and O–H groups in total. The summed E-state index contributed by atoms with van der Waals surface area (Å²) in [5.74, 6) is 0.926. The average Bonchev–Trinajstić information content (AvgIpc) is 2.82. The minimum Gasteiger partial charge on any atom is -0.618 e. The highest BCUT2D eigenvalue weighted by Crippen LogP contribution is 2.02. The summed E-state index contributed by atoms with van der Waals surface area (Å²) in [6, 6.07) is 13.4. The molecule has 39 heavy (non-hydrogen) atoms. The topological polar surface area (TPSA) is 137 Å². The number of aromatic nitrogens is 5. The molecule has 0 bridgehead atoms. The van der Waals surface area contributed by atoms with E-state index in [1.807, 2.05) is 90.4 Å². The fraction of sp³-hybridized carbons (Fsp3) is 0.345. The Morgan fingerprint density at radius 3 is 1.74 bits per heavy atom.